The smallest absolute Gasteiger partial charge is 0.149 e. The Bertz CT molecular complexity index is 381. The van der Waals surface area contributed by atoms with Crippen LogP contribution in [-0.4, -0.2) is 20.4 Å². The fourth-order valence-corrected chi connectivity index (χ4v) is 2.88. The van der Waals surface area contributed by atoms with Crippen LogP contribution in [0.15, 0.2) is 12.1 Å². The van der Waals surface area contributed by atoms with Crippen LogP contribution in [0.5, 0.6) is 0 Å². The van der Waals surface area contributed by atoms with Crippen molar-refractivity contribution in [1.82, 2.24) is 0 Å². The number of rotatable bonds is 3. The minimum Gasteiger partial charge on any atom is -0.322 e. The highest BCUT2D eigenvalue weighted by Gasteiger charge is 2.14. The summed E-state index contributed by atoms with van der Waals surface area (Å²) in [4.78, 5) is 2.09. The van der Waals surface area contributed by atoms with Gasteiger partial charge in [-0.3, -0.25) is 0 Å². The highest BCUT2D eigenvalue weighted by molar-refractivity contribution is 7.90. The number of nitrogens with two attached hydrogens (primary N) is 1. The molecule has 74 valence electrons. The van der Waals surface area contributed by atoms with E-state index in [1.807, 2.05) is 19.1 Å². The van der Waals surface area contributed by atoms with Gasteiger partial charge in [0, 0.05) is 16.0 Å². The predicted molar refractivity (Wildman–Crippen MR) is 55.7 cm³/mol. The molecular formula is C8H13NO2S2. The quantitative estimate of drug-likeness (QED) is 0.828. The van der Waals surface area contributed by atoms with E-state index in [2.05, 4.69) is 0 Å². The third-order valence-corrected chi connectivity index (χ3v) is 3.71. The SMILES string of the molecule is Cc1ccc(C(N)CS(C)(=O)=O)s1. The zero-order valence-corrected chi connectivity index (χ0v) is 9.28. The average molecular weight is 219 g/mol. The van der Waals surface area contributed by atoms with Gasteiger partial charge in [-0.15, -0.1) is 11.3 Å². The molecule has 0 radical (unpaired) electrons. The maximum atomic E-state index is 10.9. The zero-order valence-electron chi connectivity index (χ0n) is 7.65. The molecule has 0 spiro atoms. The second kappa shape index (κ2) is 3.77. The van der Waals surface area contributed by atoms with E-state index >= 15 is 0 Å². The maximum Gasteiger partial charge on any atom is 0.149 e. The Morgan fingerprint density at radius 1 is 1.54 bits per heavy atom. The number of aryl methyl sites for hydroxylation is 1. The second-order valence-electron chi connectivity index (χ2n) is 3.15. The van der Waals surface area contributed by atoms with Crippen molar-refractivity contribution < 1.29 is 8.42 Å². The van der Waals surface area contributed by atoms with E-state index in [0.717, 1.165) is 9.75 Å². The fraction of sp³-hybridized carbons (Fsp3) is 0.500. The van der Waals surface area contributed by atoms with Gasteiger partial charge in [-0.1, -0.05) is 0 Å². The molecule has 0 amide bonds. The standard InChI is InChI=1S/C8H13NO2S2/c1-6-3-4-8(12-6)7(9)5-13(2,10)11/h3-4,7H,5,9H2,1-2H3. The third kappa shape index (κ3) is 3.46. The van der Waals surface area contributed by atoms with Crippen molar-refractivity contribution in [2.45, 2.75) is 13.0 Å². The van der Waals surface area contributed by atoms with Gasteiger partial charge in [0.1, 0.15) is 9.84 Å². The van der Waals surface area contributed by atoms with Crippen molar-refractivity contribution in [2.24, 2.45) is 5.73 Å². The van der Waals surface area contributed by atoms with Crippen molar-refractivity contribution in [3.8, 4) is 0 Å². The molecule has 0 aliphatic rings. The number of thiophene rings is 1. The number of sulfone groups is 1. The Morgan fingerprint density at radius 2 is 2.15 bits per heavy atom. The van der Waals surface area contributed by atoms with E-state index < -0.39 is 9.84 Å². The van der Waals surface area contributed by atoms with E-state index in [-0.39, 0.29) is 11.8 Å². The number of hydrogen-bond donors (Lipinski definition) is 1. The van der Waals surface area contributed by atoms with Gasteiger partial charge in [0.15, 0.2) is 0 Å². The Balaban J connectivity index is 2.75. The summed E-state index contributed by atoms with van der Waals surface area (Å²) in [5.41, 5.74) is 5.73. The van der Waals surface area contributed by atoms with Crippen molar-refractivity contribution >= 4 is 21.2 Å². The minimum atomic E-state index is -2.98. The first-order valence-corrected chi connectivity index (χ1v) is 6.76. The average Bonchev–Trinajstić information content (AvgIpc) is 2.31. The highest BCUT2D eigenvalue weighted by atomic mass is 32.2. The predicted octanol–water partition coefficient (Wildman–Crippen LogP) is 1.10. The molecule has 1 aromatic heterocycles. The monoisotopic (exact) mass is 219 g/mol. The molecule has 0 saturated heterocycles. The van der Waals surface area contributed by atoms with Crippen LogP contribution in [0.3, 0.4) is 0 Å². The van der Waals surface area contributed by atoms with Crippen LogP contribution >= 0.6 is 11.3 Å². The van der Waals surface area contributed by atoms with Crippen LogP contribution in [0.2, 0.25) is 0 Å². The summed E-state index contributed by atoms with van der Waals surface area (Å²) in [6.45, 7) is 1.97. The van der Waals surface area contributed by atoms with Crippen molar-refractivity contribution in [3.63, 3.8) is 0 Å². The molecule has 1 unspecified atom stereocenters. The summed E-state index contributed by atoms with van der Waals surface area (Å²) in [6, 6.07) is 3.45. The van der Waals surface area contributed by atoms with Crippen molar-refractivity contribution in [3.05, 3.63) is 21.9 Å². The van der Waals surface area contributed by atoms with Crippen LogP contribution in [0, 0.1) is 6.92 Å². The van der Waals surface area contributed by atoms with E-state index in [4.69, 9.17) is 5.73 Å². The van der Waals surface area contributed by atoms with Gasteiger partial charge in [0.25, 0.3) is 0 Å². The maximum absolute atomic E-state index is 10.9. The van der Waals surface area contributed by atoms with Crippen LogP contribution < -0.4 is 5.73 Å². The summed E-state index contributed by atoms with van der Waals surface area (Å²) in [5, 5.41) is 0. The van der Waals surface area contributed by atoms with Crippen molar-refractivity contribution in [1.29, 1.82) is 0 Å². The Morgan fingerprint density at radius 3 is 2.54 bits per heavy atom. The van der Waals surface area contributed by atoms with Crippen LogP contribution in [0.1, 0.15) is 15.8 Å². The Kier molecular flexibility index (Phi) is 3.10. The third-order valence-electron chi connectivity index (χ3n) is 1.61. The molecule has 1 rings (SSSR count). The van der Waals surface area contributed by atoms with E-state index in [1.165, 1.54) is 6.26 Å². The normalized spacial score (nSPS) is 14.4. The lowest BCUT2D eigenvalue weighted by molar-refractivity contribution is 0.595. The molecule has 1 aromatic rings. The van der Waals surface area contributed by atoms with Crippen LogP contribution in [0.25, 0.3) is 0 Å². The first-order valence-electron chi connectivity index (χ1n) is 3.88. The molecule has 1 atom stereocenters. The molecule has 1 heterocycles. The minimum absolute atomic E-state index is 0.0208. The van der Waals surface area contributed by atoms with Gasteiger partial charge >= 0.3 is 0 Å². The molecule has 13 heavy (non-hydrogen) atoms. The molecule has 0 aliphatic carbocycles. The lowest BCUT2D eigenvalue weighted by Gasteiger charge is -2.06. The largest absolute Gasteiger partial charge is 0.322 e. The van der Waals surface area contributed by atoms with Gasteiger partial charge < -0.3 is 5.73 Å². The molecule has 0 aromatic carbocycles. The van der Waals surface area contributed by atoms with E-state index in [1.54, 1.807) is 11.3 Å². The van der Waals surface area contributed by atoms with Crippen molar-refractivity contribution in [2.75, 3.05) is 12.0 Å². The van der Waals surface area contributed by atoms with Crippen LogP contribution in [-0.2, 0) is 9.84 Å². The molecule has 3 nitrogen and oxygen atoms in total. The number of hydrogen-bond acceptors (Lipinski definition) is 4. The summed E-state index contributed by atoms with van der Waals surface area (Å²) in [5.74, 6) is 0.0208. The van der Waals surface area contributed by atoms with Gasteiger partial charge in [-0.25, -0.2) is 8.42 Å². The summed E-state index contributed by atoms with van der Waals surface area (Å²) < 4.78 is 21.9. The fourth-order valence-electron chi connectivity index (χ4n) is 1.06. The summed E-state index contributed by atoms with van der Waals surface area (Å²) >= 11 is 1.55. The molecular weight excluding hydrogens is 206 g/mol. The Hall–Kier alpha value is -0.390. The lowest BCUT2D eigenvalue weighted by Crippen LogP contribution is -2.19. The van der Waals surface area contributed by atoms with Gasteiger partial charge in [0.05, 0.1) is 11.8 Å². The van der Waals surface area contributed by atoms with E-state index in [9.17, 15) is 8.42 Å². The molecule has 0 saturated carbocycles. The lowest BCUT2D eigenvalue weighted by atomic mass is 10.3. The molecule has 2 N–H and O–H groups in total. The van der Waals surface area contributed by atoms with Gasteiger partial charge in [-0.2, -0.15) is 0 Å². The first kappa shape index (κ1) is 10.7. The molecule has 0 aliphatic heterocycles. The summed E-state index contributed by atoms with van der Waals surface area (Å²) in [6.07, 6.45) is 1.20. The van der Waals surface area contributed by atoms with Crippen LogP contribution in [0.4, 0.5) is 0 Å². The second-order valence-corrected chi connectivity index (χ2v) is 6.65. The summed E-state index contributed by atoms with van der Waals surface area (Å²) in [7, 11) is -2.98. The van der Waals surface area contributed by atoms with Gasteiger partial charge in [-0.05, 0) is 19.1 Å². The molecule has 0 bridgehead atoms. The molecule has 5 heteroatoms. The first-order chi connectivity index (χ1) is 5.88. The Labute approximate surface area is 82.5 Å². The van der Waals surface area contributed by atoms with Gasteiger partial charge in [0.2, 0.25) is 0 Å². The highest BCUT2D eigenvalue weighted by Crippen LogP contribution is 2.21. The topological polar surface area (TPSA) is 60.2 Å². The zero-order chi connectivity index (χ0) is 10.1. The van der Waals surface area contributed by atoms with E-state index in [0.29, 0.717) is 0 Å². The molecule has 0 fully saturated rings.